The van der Waals surface area contributed by atoms with E-state index in [4.69, 9.17) is 11.6 Å². The van der Waals surface area contributed by atoms with E-state index < -0.39 is 34.6 Å². The van der Waals surface area contributed by atoms with Crippen LogP contribution < -0.4 is 0 Å². The minimum absolute atomic E-state index is 0.0366. The Balaban J connectivity index is 3.46. The van der Waals surface area contributed by atoms with Crippen LogP contribution in [0.4, 0.5) is 22.0 Å². The van der Waals surface area contributed by atoms with Crippen molar-refractivity contribution in [3.05, 3.63) is 28.0 Å². The normalized spacial score (nSPS) is 11.9. The molecule has 1 rings (SSSR count). The van der Waals surface area contributed by atoms with Gasteiger partial charge in [-0.25, -0.2) is 13.8 Å². The Labute approximate surface area is 91.0 Å². The van der Waals surface area contributed by atoms with Crippen LogP contribution in [0.3, 0.4) is 0 Å². The van der Waals surface area contributed by atoms with E-state index in [9.17, 15) is 26.7 Å². The van der Waals surface area contributed by atoms with Crippen LogP contribution in [0.5, 0.6) is 0 Å². The zero-order chi connectivity index (χ0) is 12.5. The summed E-state index contributed by atoms with van der Waals surface area (Å²) in [6, 6.07) is 0.321. The summed E-state index contributed by atoms with van der Waals surface area (Å²) in [6.07, 6.45) is -8.23. The summed E-state index contributed by atoms with van der Waals surface area (Å²) < 4.78 is 61.2. The SMILES string of the molecule is O=Cc1cc(C(F)(F)F)nc(C(F)F)c1Cl. The summed E-state index contributed by atoms with van der Waals surface area (Å²) in [5.74, 6) is 0. The van der Waals surface area contributed by atoms with Gasteiger partial charge in [0.15, 0.2) is 6.29 Å². The first-order valence-electron chi connectivity index (χ1n) is 3.78. The fourth-order valence-electron chi connectivity index (χ4n) is 0.945. The highest BCUT2D eigenvalue weighted by Crippen LogP contribution is 2.34. The Morgan fingerprint density at radius 1 is 1.38 bits per heavy atom. The molecule has 0 amide bonds. The second-order valence-electron chi connectivity index (χ2n) is 2.71. The topological polar surface area (TPSA) is 30.0 Å². The summed E-state index contributed by atoms with van der Waals surface area (Å²) in [5, 5.41) is -0.766. The fraction of sp³-hybridized carbons (Fsp3) is 0.250. The maximum absolute atomic E-state index is 12.3. The molecule has 0 radical (unpaired) electrons. The third-order valence-corrected chi connectivity index (χ3v) is 2.05. The predicted octanol–water partition coefficient (Wildman–Crippen LogP) is 3.50. The van der Waals surface area contributed by atoms with Crippen LogP contribution in [0.2, 0.25) is 5.02 Å². The summed E-state index contributed by atoms with van der Waals surface area (Å²) >= 11 is 5.28. The Bertz CT molecular complexity index is 418. The first kappa shape index (κ1) is 12.8. The van der Waals surface area contributed by atoms with E-state index >= 15 is 0 Å². The van der Waals surface area contributed by atoms with Crippen molar-refractivity contribution in [1.29, 1.82) is 0 Å². The molecule has 0 unspecified atom stereocenters. The molecule has 1 aromatic heterocycles. The van der Waals surface area contributed by atoms with Gasteiger partial charge in [-0.3, -0.25) is 4.79 Å². The minimum atomic E-state index is -4.91. The van der Waals surface area contributed by atoms with Gasteiger partial charge >= 0.3 is 6.18 Å². The molecular formula is C8H3ClF5NO. The monoisotopic (exact) mass is 259 g/mol. The van der Waals surface area contributed by atoms with Crippen molar-refractivity contribution >= 4 is 17.9 Å². The van der Waals surface area contributed by atoms with Gasteiger partial charge in [-0.05, 0) is 6.07 Å². The molecule has 0 bridgehead atoms. The van der Waals surface area contributed by atoms with Crippen molar-refractivity contribution in [2.45, 2.75) is 12.6 Å². The molecule has 0 atom stereocenters. The molecule has 0 aliphatic rings. The molecule has 16 heavy (non-hydrogen) atoms. The van der Waals surface area contributed by atoms with E-state index in [2.05, 4.69) is 4.98 Å². The van der Waals surface area contributed by atoms with Crippen molar-refractivity contribution in [2.75, 3.05) is 0 Å². The van der Waals surface area contributed by atoms with Crippen molar-refractivity contribution in [1.82, 2.24) is 4.98 Å². The number of hydrogen-bond donors (Lipinski definition) is 0. The number of aromatic nitrogens is 1. The molecular weight excluding hydrogens is 257 g/mol. The average Bonchev–Trinajstić information content (AvgIpc) is 2.15. The third-order valence-electron chi connectivity index (χ3n) is 1.64. The number of halogens is 6. The first-order valence-corrected chi connectivity index (χ1v) is 4.16. The molecule has 0 aliphatic heterocycles. The lowest BCUT2D eigenvalue weighted by Gasteiger charge is -2.10. The fourth-order valence-corrected chi connectivity index (χ4v) is 1.17. The summed E-state index contributed by atoms with van der Waals surface area (Å²) in [7, 11) is 0. The molecule has 0 N–H and O–H groups in total. The molecule has 0 aromatic carbocycles. The minimum Gasteiger partial charge on any atom is -0.298 e. The first-order chi connectivity index (χ1) is 7.27. The highest BCUT2D eigenvalue weighted by Gasteiger charge is 2.35. The number of nitrogens with zero attached hydrogens (tertiary/aromatic N) is 1. The molecule has 1 heterocycles. The van der Waals surface area contributed by atoms with Gasteiger partial charge in [-0.2, -0.15) is 13.2 Å². The van der Waals surface area contributed by atoms with E-state index in [-0.39, 0.29) is 6.29 Å². The largest absolute Gasteiger partial charge is 0.433 e. The van der Waals surface area contributed by atoms with Crippen molar-refractivity contribution < 1.29 is 26.7 Å². The van der Waals surface area contributed by atoms with Crippen LogP contribution in [-0.4, -0.2) is 11.3 Å². The summed E-state index contributed by atoms with van der Waals surface area (Å²) in [6.45, 7) is 0. The molecule has 8 heteroatoms. The van der Waals surface area contributed by atoms with E-state index in [0.29, 0.717) is 6.07 Å². The molecule has 88 valence electrons. The van der Waals surface area contributed by atoms with Crippen LogP contribution in [0.25, 0.3) is 0 Å². The van der Waals surface area contributed by atoms with Crippen LogP contribution in [0, 0.1) is 0 Å². The summed E-state index contributed by atoms with van der Waals surface area (Å²) in [5.41, 5.74) is -3.49. The van der Waals surface area contributed by atoms with E-state index in [1.54, 1.807) is 0 Å². The van der Waals surface area contributed by atoms with Crippen LogP contribution in [-0.2, 0) is 6.18 Å². The number of carbonyl (C=O) groups is 1. The zero-order valence-electron chi connectivity index (χ0n) is 7.36. The second-order valence-corrected chi connectivity index (χ2v) is 3.09. The quantitative estimate of drug-likeness (QED) is 0.601. The highest BCUT2D eigenvalue weighted by molar-refractivity contribution is 6.33. The Morgan fingerprint density at radius 3 is 2.31 bits per heavy atom. The van der Waals surface area contributed by atoms with Gasteiger partial charge in [-0.15, -0.1) is 0 Å². The van der Waals surface area contributed by atoms with Crippen molar-refractivity contribution in [3.8, 4) is 0 Å². The summed E-state index contributed by atoms with van der Waals surface area (Å²) in [4.78, 5) is 13.0. The lowest BCUT2D eigenvalue weighted by molar-refractivity contribution is -0.141. The molecule has 0 saturated carbocycles. The molecule has 0 spiro atoms. The predicted molar refractivity (Wildman–Crippen MR) is 44.6 cm³/mol. The number of carbonyl (C=O) groups excluding carboxylic acids is 1. The Morgan fingerprint density at radius 2 is 1.94 bits per heavy atom. The smallest absolute Gasteiger partial charge is 0.298 e. The maximum Gasteiger partial charge on any atom is 0.433 e. The Hall–Kier alpha value is -1.24. The van der Waals surface area contributed by atoms with Gasteiger partial charge in [0.1, 0.15) is 11.4 Å². The molecule has 2 nitrogen and oxygen atoms in total. The number of rotatable bonds is 2. The zero-order valence-corrected chi connectivity index (χ0v) is 8.11. The van der Waals surface area contributed by atoms with Gasteiger partial charge in [0.05, 0.1) is 5.02 Å². The van der Waals surface area contributed by atoms with Crippen molar-refractivity contribution in [2.24, 2.45) is 0 Å². The molecule has 0 saturated heterocycles. The van der Waals surface area contributed by atoms with Gasteiger partial charge in [-0.1, -0.05) is 11.6 Å². The van der Waals surface area contributed by atoms with E-state index in [1.165, 1.54) is 0 Å². The second kappa shape index (κ2) is 4.32. The molecule has 0 fully saturated rings. The lowest BCUT2D eigenvalue weighted by Crippen LogP contribution is -2.11. The van der Waals surface area contributed by atoms with Gasteiger partial charge in [0, 0.05) is 5.56 Å². The van der Waals surface area contributed by atoms with E-state index in [0.717, 1.165) is 0 Å². The van der Waals surface area contributed by atoms with Gasteiger partial charge < -0.3 is 0 Å². The molecule has 1 aromatic rings. The highest BCUT2D eigenvalue weighted by atomic mass is 35.5. The standard InChI is InChI=1S/C8H3ClF5NO/c9-5-3(2-16)1-4(8(12,13)14)15-6(5)7(10)11/h1-2,7H. The van der Waals surface area contributed by atoms with E-state index in [1.807, 2.05) is 0 Å². The maximum atomic E-state index is 12.3. The number of pyridine rings is 1. The van der Waals surface area contributed by atoms with Crippen molar-refractivity contribution in [3.63, 3.8) is 0 Å². The number of alkyl halides is 5. The molecule has 0 aliphatic carbocycles. The lowest BCUT2D eigenvalue weighted by atomic mass is 10.2. The Kier molecular flexibility index (Phi) is 3.47. The van der Waals surface area contributed by atoms with Gasteiger partial charge in [0.2, 0.25) is 0 Å². The number of hydrogen-bond acceptors (Lipinski definition) is 2. The van der Waals surface area contributed by atoms with Crippen LogP contribution in [0.1, 0.15) is 28.2 Å². The van der Waals surface area contributed by atoms with Crippen LogP contribution >= 0.6 is 11.6 Å². The van der Waals surface area contributed by atoms with Crippen LogP contribution in [0.15, 0.2) is 6.07 Å². The third kappa shape index (κ3) is 2.46. The average molecular weight is 260 g/mol. The van der Waals surface area contributed by atoms with Gasteiger partial charge in [0.25, 0.3) is 6.43 Å². The number of aldehydes is 1.